The fourth-order valence-electron chi connectivity index (χ4n) is 3.38. The number of hydrogen-bond acceptors (Lipinski definition) is 5. The summed E-state index contributed by atoms with van der Waals surface area (Å²) in [5.41, 5.74) is 5.65. The van der Waals surface area contributed by atoms with Crippen LogP contribution in [0.2, 0.25) is 0 Å². The lowest BCUT2D eigenvalue weighted by Crippen LogP contribution is -2.45. The number of nitrogens with one attached hydrogen (secondary N) is 1. The highest BCUT2D eigenvalue weighted by atomic mass is 32.1. The van der Waals surface area contributed by atoms with Crippen molar-refractivity contribution in [1.82, 2.24) is 5.43 Å². The molecule has 19 heavy (non-hydrogen) atoms. The summed E-state index contributed by atoms with van der Waals surface area (Å²) in [5, 5.41) is 4.40. The highest BCUT2D eigenvalue weighted by Crippen LogP contribution is 2.41. The van der Waals surface area contributed by atoms with E-state index in [2.05, 4.69) is 23.1 Å². The van der Waals surface area contributed by atoms with Gasteiger partial charge in [-0.25, -0.2) is 0 Å². The summed E-state index contributed by atoms with van der Waals surface area (Å²) < 4.78 is 11.5. The largest absolute Gasteiger partial charge is 0.378 e. The number of hydrogen-bond donors (Lipinski definition) is 2. The van der Waals surface area contributed by atoms with E-state index in [0.29, 0.717) is 5.92 Å². The highest BCUT2D eigenvalue weighted by Gasteiger charge is 2.43. The van der Waals surface area contributed by atoms with Gasteiger partial charge in [0.05, 0.1) is 18.2 Å². The summed E-state index contributed by atoms with van der Waals surface area (Å²) in [6, 6.07) is 0.229. The fraction of sp³-hybridized carbons (Fsp3) is 0.714. The number of rotatable bonds is 3. The first-order valence-corrected chi connectivity index (χ1v) is 7.89. The third-order valence-electron chi connectivity index (χ3n) is 4.48. The molecule has 2 fully saturated rings. The smallest absolute Gasteiger partial charge is 0.0940 e. The molecule has 0 amide bonds. The van der Waals surface area contributed by atoms with E-state index in [1.807, 2.05) is 0 Å². The van der Waals surface area contributed by atoms with Crippen molar-refractivity contribution in [2.24, 2.45) is 11.8 Å². The molecule has 2 aliphatic rings. The molecule has 3 N–H and O–H groups in total. The summed E-state index contributed by atoms with van der Waals surface area (Å²) in [6.07, 6.45) is 3.12. The van der Waals surface area contributed by atoms with Crippen LogP contribution in [0.1, 0.15) is 36.4 Å². The van der Waals surface area contributed by atoms with Crippen molar-refractivity contribution in [2.45, 2.75) is 37.8 Å². The van der Waals surface area contributed by atoms with Crippen molar-refractivity contribution in [2.75, 3.05) is 19.8 Å². The van der Waals surface area contributed by atoms with Crippen LogP contribution in [0.15, 0.2) is 10.8 Å². The van der Waals surface area contributed by atoms with E-state index in [4.69, 9.17) is 15.3 Å². The zero-order valence-corrected chi connectivity index (χ0v) is 12.2. The van der Waals surface area contributed by atoms with Gasteiger partial charge in [-0.15, -0.1) is 0 Å². The number of nitrogens with two attached hydrogens (primary N) is 1. The van der Waals surface area contributed by atoms with Crippen molar-refractivity contribution in [3.63, 3.8) is 0 Å². The molecule has 5 heteroatoms. The van der Waals surface area contributed by atoms with E-state index in [0.717, 1.165) is 39.1 Å². The SMILES string of the molecule is Cc1cscc1C(NN)C1CCOC2(CCOC2)C1. The Labute approximate surface area is 118 Å². The van der Waals surface area contributed by atoms with Gasteiger partial charge in [0.25, 0.3) is 0 Å². The molecule has 3 unspecified atom stereocenters. The van der Waals surface area contributed by atoms with Crippen LogP contribution in [-0.2, 0) is 9.47 Å². The molecule has 4 nitrogen and oxygen atoms in total. The second-order valence-electron chi connectivity index (χ2n) is 5.74. The average Bonchev–Trinajstić information content (AvgIpc) is 3.02. The van der Waals surface area contributed by atoms with Gasteiger partial charge in [0, 0.05) is 19.6 Å². The van der Waals surface area contributed by atoms with E-state index in [9.17, 15) is 0 Å². The molecule has 0 aromatic carbocycles. The third-order valence-corrected chi connectivity index (χ3v) is 5.36. The van der Waals surface area contributed by atoms with Crippen LogP contribution in [0.25, 0.3) is 0 Å². The van der Waals surface area contributed by atoms with Crippen molar-refractivity contribution in [1.29, 1.82) is 0 Å². The number of ether oxygens (including phenoxy) is 2. The van der Waals surface area contributed by atoms with Gasteiger partial charge < -0.3 is 9.47 Å². The van der Waals surface area contributed by atoms with Gasteiger partial charge in [-0.2, -0.15) is 11.3 Å². The summed E-state index contributed by atoms with van der Waals surface area (Å²) in [5.74, 6) is 6.36. The summed E-state index contributed by atoms with van der Waals surface area (Å²) in [7, 11) is 0. The van der Waals surface area contributed by atoms with Crippen molar-refractivity contribution >= 4 is 11.3 Å². The normalized spacial score (nSPS) is 32.8. The van der Waals surface area contributed by atoms with Gasteiger partial charge >= 0.3 is 0 Å². The zero-order valence-electron chi connectivity index (χ0n) is 11.4. The third kappa shape index (κ3) is 2.58. The quantitative estimate of drug-likeness (QED) is 0.659. The Bertz CT molecular complexity index is 429. The lowest BCUT2D eigenvalue weighted by atomic mass is 9.79. The van der Waals surface area contributed by atoms with Crippen LogP contribution < -0.4 is 11.3 Å². The minimum absolute atomic E-state index is 0.0536. The van der Waals surface area contributed by atoms with Gasteiger partial charge in [-0.05, 0) is 47.6 Å². The molecule has 3 rings (SSSR count). The summed E-state index contributed by atoms with van der Waals surface area (Å²) in [4.78, 5) is 0. The fourth-order valence-corrected chi connectivity index (χ4v) is 4.27. The summed E-state index contributed by atoms with van der Waals surface area (Å²) >= 11 is 1.75. The van der Waals surface area contributed by atoms with E-state index in [-0.39, 0.29) is 11.6 Å². The number of thiophene rings is 1. The Balaban J connectivity index is 1.78. The van der Waals surface area contributed by atoms with Crippen LogP contribution in [0.3, 0.4) is 0 Å². The first kappa shape index (κ1) is 13.5. The Morgan fingerprint density at radius 3 is 3.00 bits per heavy atom. The maximum Gasteiger partial charge on any atom is 0.0940 e. The molecular weight excluding hydrogens is 260 g/mol. The first-order valence-electron chi connectivity index (χ1n) is 6.95. The van der Waals surface area contributed by atoms with E-state index in [1.54, 1.807) is 11.3 Å². The van der Waals surface area contributed by atoms with Gasteiger partial charge in [-0.3, -0.25) is 11.3 Å². The topological polar surface area (TPSA) is 56.5 Å². The van der Waals surface area contributed by atoms with Gasteiger partial charge in [0.1, 0.15) is 0 Å². The van der Waals surface area contributed by atoms with Crippen molar-refractivity contribution in [3.05, 3.63) is 21.9 Å². The molecular formula is C14H22N2O2S. The lowest BCUT2D eigenvalue weighted by Gasteiger charge is -2.40. The Morgan fingerprint density at radius 2 is 2.37 bits per heavy atom. The molecule has 3 heterocycles. The second kappa shape index (κ2) is 5.50. The highest BCUT2D eigenvalue weighted by molar-refractivity contribution is 7.08. The predicted molar refractivity (Wildman–Crippen MR) is 76.0 cm³/mol. The molecule has 106 valence electrons. The van der Waals surface area contributed by atoms with Crippen LogP contribution in [0.5, 0.6) is 0 Å². The first-order chi connectivity index (χ1) is 9.24. The van der Waals surface area contributed by atoms with Crippen LogP contribution in [0, 0.1) is 12.8 Å². The van der Waals surface area contributed by atoms with E-state index in [1.165, 1.54) is 11.1 Å². The molecule has 0 aliphatic carbocycles. The molecule has 3 atom stereocenters. The molecule has 0 radical (unpaired) electrons. The Kier molecular flexibility index (Phi) is 3.91. The molecule has 0 bridgehead atoms. The standard InChI is InChI=1S/C14H22N2O2S/c1-10-7-19-8-12(10)13(16-15)11-2-4-18-14(6-11)3-5-17-9-14/h7-8,11,13,16H,2-6,9,15H2,1H3. The van der Waals surface area contributed by atoms with Crippen molar-refractivity contribution in [3.8, 4) is 0 Å². The molecule has 2 aliphatic heterocycles. The number of aryl methyl sites for hydroxylation is 1. The van der Waals surface area contributed by atoms with Gasteiger partial charge in [0.2, 0.25) is 0 Å². The van der Waals surface area contributed by atoms with Crippen LogP contribution in [0.4, 0.5) is 0 Å². The Hall–Kier alpha value is -0.460. The summed E-state index contributed by atoms with van der Waals surface area (Å²) in [6.45, 7) is 4.54. The monoisotopic (exact) mass is 282 g/mol. The number of hydrazine groups is 1. The van der Waals surface area contributed by atoms with Gasteiger partial charge in [0.15, 0.2) is 0 Å². The molecule has 1 aromatic heterocycles. The lowest BCUT2D eigenvalue weighted by molar-refractivity contribution is -0.103. The maximum absolute atomic E-state index is 6.01. The molecule has 0 saturated carbocycles. The molecule has 1 aromatic rings. The average molecular weight is 282 g/mol. The van der Waals surface area contributed by atoms with Gasteiger partial charge in [-0.1, -0.05) is 0 Å². The minimum atomic E-state index is -0.0536. The minimum Gasteiger partial charge on any atom is -0.378 e. The molecule has 2 saturated heterocycles. The molecule has 1 spiro atoms. The maximum atomic E-state index is 6.01. The van der Waals surface area contributed by atoms with E-state index < -0.39 is 0 Å². The van der Waals surface area contributed by atoms with Crippen LogP contribution >= 0.6 is 11.3 Å². The van der Waals surface area contributed by atoms with E-state index >= 15 is 0 Å². The second-order valence-corrected chi connectivity index (χ2v) is 6.48. The van der Waals surface area contributed by atoms with Crippen LogP contribution in [-0.4, -0.2) is 25.4 Å². The Morgan fingerprint density at radius 1 is 1.47 bits per heavy atom. The predicted octanol–water partition coefficient (Wildman–Crippen LogP) is 2.15. The zero-order chi connectivity index (χ0) is 13.3. The van der Waals surface area contributed by atoms with Crippen molar-refractivity contribution < 1.29 is 9.47 Å².